The molecule has 0 unspecified atom stereocenters. The molecular weight excluding hydrogens is 467 g/mol. The Morgan fingerprint density at radius 2 is 2.00 bits per heavy atom. The van der Waals surface area contributed by atoms with Crippen LogP contribution < -0.4 is 19.6 Å². The second-order valence-electron chi connectivity index (χ2n) is 7.24. The fraction of sp³-hybridized carbons (Fsp3) is 0.208. The lowest BCUT2D eigenvalue weighted by Crippen LogP contribution is -2.39. The van der Waals surface area contributed by atoms with Gasteiger partial charge in [-0.2, -0.15) is 0 Å². The summed E-state index contributed by atoms with van der Waals surface area (Å²) in [5.74, 6) is -0.430. The third kappa shape index (κ3) is 4.36. The summed E-state index contributed by atoms with van der Waals surface area (Å²) in [5.41, 5.74) is 1.54. The Balaban J connectivity index is 1.97. The Labute approximate surface area is 197 Å². The summed E-state index contributed by atoms with van der Waals surface area (Å²) < 4.78 is 26.1. The number of halogens is 2. The molecule has 0 fully saturated rings. The fourth-order valence-electron chi connectivity index (χ4n) is 3.71. The molecule has 0 amide bonds. The molecule has 0 saturated heterocycles. The Morgan fingerprint density at radius 1 is 1.27 bits per heavy atom. The van der Waals surface area contributed by atoms with Crippen LogP contribution in [0.4, 0.5) is 4.39 Å². The molecule has 1 aliphatic heterocycles. The van der Waals surface area contributed by atoms with E-state index in [2.05, 4.69) is 4.99 Å². The number of esters is 1. The first kappa shape index (κ1) is 22.9. The van der Waals surface area contributed by atoms with Gasteiger partial charge in [-0.15, -0.1) is 0 Å². The number of hydrogen-bond donors (Lipinski definition) is 0. The van der Waals surface area contributed by atoms with Gasteiger partial charge in [-0.3, -0.25) is 9.36 Å². The third-order valence-electron chi connectivity index (χ3n) is 5.18. The fourth-order valence-corrected chi connectivity index (χ4v) is 4.93. The summed E-state index contributed by atoms with van der Waals surface area (Å²) in [6.07, 6.45) is 1.68. The first-order valence-electron chi connectivity index (χ1n) is 10.1. The molecule has 0 N–H and O–H groups in total. The van der Waals surface area contributed by atoms with E-state index in [0.29, 0.717) is 36.9 Å². The van der Waals surface area contributed by atoms with E-state index in [1.165, 1.54) is 35.1 Å². The van der Waals surface area contributed by atoms with Crippen molar-refractivity contribution >= 4 is 35.0 Å². The smallest absolute Gasteiger partial charge is 0.338 e. The zero-order valence-corrected chi connectivity index (χ0v) is 19.7. The van der Waals surface area contributed by atoms with E-state index < -0.39 is 17.8 Å². The Morgan fingerprint density at radius 3 is 2.67 bits per heavy atom. The normalized spacial score (nSPS) is 15.8. The number of carbonyl (C=O) groups excluding carboxylic acids is 1. The maximum Gasteiger partial charge on any atom is 0.338 e. The summed E-state index contributed by atoms with van der Waals surface area (Å²) in [7, 11) is 1.53. The maximum atomic E-state index is 13.6. The summed E-state index contributed by atoms with van der Waals surface area (Å²) in [5, 5.41) is 0.499. The van der Waals surface area contributed by atoms with Crippen LogP contribution in [0.25, 0.3) is 6.08 Å². The molecule has 0 saturated carbocycles. The van der Waals surface area contributed by atoms with E-state index >= 15 is 0 Å². The number of rotatable bonds is 5. The number of carbonyl (C=O) groups is 1. The van der Waals surface area contributed by atoms with Gasteiger partial charge < -0.3 is 9.47 Å². The van der Waals surface area contributed by atoms with Crippen molar-refractivity contribution in [2.24, 2.45) is 4.99 Å². The summed E-state index contributed by atoms with van der Waals surface area (Å²) in [6.45, 7) is 3.57. The van der Waals surface area contributed by atoms with Crippen LogP contribution in [-0.2, 0) is 9.53 Å². The third-order valence-corrected chi connectivity index (χ3v) is 6.40. The number of hydrogen-bond acceptors (Lipinski definition) is 6. The quantitative estimate of drug-likeness (QED) is 0.517. The molecule has 1 atom stereocenters. The van der Waals surface area contributed by atoms with Gasteiger partial charge in [0.15, 0.2) is 4.80 Å². The van der Waals surface area contributed by atoms with Crippen LogP contribution in [0, 0.1) is 5.82 Å². The highest BCUT2D eigenvalue weighted by atomic mass is 35.5. The molecular formula is C24H20ClFN2O4S. The van der Waals surface area contributed by atoms with E-state index in [1.54, 1.807) is 50.3 Å². The monoisotopic (exact) mass is 486 g/mol. The standard InChI is InChI=1S/C24H20ClFN2O4S/c1-4-32-23(30)20-13(2)27-24-28(21(20)14-5-8-17(26)9-6-14)22(29)19(33-24)12-15-11-16(25)7-10-18(15)31-3/h5-12,21H,4H2,1-3H3/t21-/m1/s1. The van der Waals surface area contributed by atoms with E-state index in [4.69, 9.17) is 21.1 Å². The van der Waals surface area contributed by atoms with Gasteiger partial charge in [-0.1, -0.05) is 35.1 Å². The lowest BCUT2D eigenvalue weighted by molar-refractivity contribution is -0.139. The van der Waals surface area contributed by atoms with Crippen LogP contribution in [0.3, 0.4) is 0 Å². The topological polar surface area (TPSA) is 69.9 Å². The van der Waals surface area contributed by atoms with Gasteiger partial charge in [-0.05, 0) is 55.8 Å². The molecule has 6 nitrogen and oxygen atoms in total. The molecule has 1 aliphatic rings. The van der Waals surface area contributed by atoms with Crippen LogP contribution in [0.1, 0.15) is 31.0 Å². The summed E-state index contributed by atoms with van der Waals surface area (Å²) in [6, 6.07) is 10.00. The molecule has 4 rings (SSSR count). The molecule has 0 radical (unpaired) electrons. The van der Waals surface area contributed by atoms with Gasteiger partial charge in [0, 0.05) is 10.6 Å². The summed E-state index contributed by atoms with van der Waals surface area (Å²) >= 11 is 7.32. The Hall–Kier alpha value is -3.23. The molecule has 0 spiro atoms. The molecule has 9 heteroatoms. The van der Waals surface area contributed by atoms with E-state index in [9.17, 15) is 14.0 Å². The largest absolute Gasteiger partial charge is 0.496 e. The Bertz CT molecular complexity index is 1440. The molecule has 33 heavy (non-hydrogen) atoms. The van der Waals surface area contributed by atoms with Crippen LogP contribution in [0.5, 0.6) is 5.75 Å². The first-order valence-corrected chi connectivity index (χ1v) is 11.3. The van der Waals surface area contributed by atoms with Crippen molar-refractivity contribution in [1.29, 1.82) is 0 Å². The molecule has 170 valence electrons. The molecule has 3 aromatic rings. The van der Waals surface area contributed by atoms with Crippen molar-refractivity contribution < 1.29 is 18.7 Å². The SMILES string of the molecule is CCOC(=O)C1=C(C)N=c2sc(=Cc3cc(Cl)ccc3OC)c(=O)n2[C@@H]1c1ccc(F)cc1. The number of thiazole rings is 1. The molecule has 0 bridgehead atoms. The lowest BCUT2D eigenvalue weighted by atomic mass is 9.96. The van der Waals surface area contributed by atoms with Crippen molar-refractivity contribution in [3.8, 4) is 5.75 Å². The maximum absolute atomic E-state index is 13.6. The van der Waals surface area contributed by atoms with E-state index in [0.717, 1.165) is 0 Å². The van der Waals surface area contributed by atoms with Crippen molar-refractivity contribution in [3.63, 3.8) is 0 Å². The zero-order chi connectivity index (χ0) is 23.7. The van der Waals surface area contributed by atoms with Crippen LogP contribution >= 0.6 is 22.9 Å². The lowest BCUT2D eigenvalue weighted by Gasteiger charge is -2.24. The van der Waals surface area contributed by atoms with Crippen LogP contribution in [0.15, 0.2) is 63.5 Å². The number of allylic oxidation sites excluding steroid dienone is 1. The van der Waals surface area contributed by atoms with E-state index in [-0.39, 0.29) is 17.7 Å². The van der Waals surface area contributed by atoms with Crippen molar-refractivity contribution in [1.82, 2.24) is 4.57 Å². The van der Waals surface area contributed by atoms with Gasteiger partial charge >= 0.3 is 5.97 Å². The number of benzene rings is 2. The predicted octanol–water partition coefficient (Wildman–Crippen LogP) is 3.60. The van der Waals surface area contributed by atoms with Gasteiger partial charge in [0.2, 0.25) is 0 Å². The molecule has 1 aromatic heterocycles. The number of ether oxygens (including phenoxy) is 2. The number of nitrogens with zero attached hydrogens (tertiary/aromatic N) is 2. The van der Waals surface area contributed by atoms with Crippen molar-refractivity contribution in [2.75, 3.05) is 13.7 Å². The number of methoxy groups -OCH3 is 1. The molecule has 0 aliphatic carbocycles. The average molecular weight is 487 g/mol. The molecule has 2 heterocycles. The number of aromatic nitrogens is 1. The van der Waals surface area contributed by atoms with Crippen molar-refractivity contribution in [2.45, 2.75) is 19.9 Å². The minimum Gasteiger partial charge on any atom is -0.496 e. The predicted molar refractivity (Wildman–Crippen MR) is 125 cm³/mol. The zero-order valence-electron chi connectivity index (χ0n) is 18.1. The van der Waals surface area contributed by atoms with Gasteiger partial charge in [0.1, 0.15) is 11.6 Å². The average Bonchev–Trinajstić information content (AvgIpc) is 3.08. The van der Waals surface area contributed by atoms with Gasteiger partial charge in [0.25, 0.3) is 5.56 Å². The van der Waals surface area contributed by atoms with Gasteiger partial charge in [0.05, 0.1) is 35.6 Å². The van der Waals surface area contributed by atoms with Crippen LogP contribution in [-0.4, -0.2) is 24.3 Å². The highest BCUT2D eigenvalue weighted by Crippen LogP contribution is 2.31. The second-order valence-corrected chi connectivity index (χ2v) is 8.69. The highest BCUT2D eigenvalue weighted by Gasteiger charge is 2.33. The summed E-state index contributed by atoms with van der Waals surface area (Å²) in [4.78, 5) is 31.3. The Kier molecular flexibility index (Phi) is 6.49. The second kappa shape index (κ2) is 9.33. The first-order chi connectivity index (χ1) is 15.8. The minimum atomic E-state index is -0.802. The number of fused-ring (bicyclic) bond motifs is 1. The molecule has 2 aromatic carbocycles. The van der Waals surface area contributed by atoms with Crippen LogP contribution in [0.2, 0.25) is 5.02 Å². The van der Waals surface area contributed by atoms with Crippen molar-refractivity contribution in [3.05, 3.63) is 95.4 Å². The highest BCUT2D eigenvalue weighted by molar-refractivity contribution is 7.07. The van der Waals surface area contributed by atoms with Gasteiger partial charge in [-0.25, -0.2) is 14.2 Å². The van der Waals surface area contributed by atoms with E-state index in [1.807, 2.05) is 0 Å². The minimum absolute atomic E-state index is 0.171.